The van der Waals surface area contributed by atoms with Crippen LogP contribution in [0, 0.1) is 6.92 Å². The van der Waals surface area contributed by atoms with E-state index in [1.807, 2.05) is 17.9 Å². The molecule has 2 aliphatic heterocycles. The number of aryl methyl sites for hydroxylation is 1. The van der Waals surface area contributed by atoms with Crippen LogP contribution < -0.4 is 14.5 Å². The van der Waals surface area contributed by atoms with E-state index in [1.165, 1.54) is 22.7 Å². The molecule has 292 valence electrons. The molecule has 5 heterocycles. The first-order valence-electron chi connectivity index (χ1n) is 16.5. The normalized spacial score (nSPS) is 17.1. The molecule has 1 spiro atoms. The minimum atomic E-state index is -5.37. The van der Waals surface area contributed by atoms with E-state index in [9.17, 15) is 45.5 Å². The number of rotatable bonds is 10. The zero-order valence-corrected chi connectivity index (χ0v) is 31.1. The Labute approximate surface area is 315 Å². The van der Waals surface area contributed by atoms with Gasteiger partial charge in [0.1, 0.15) is 17.3 Å². The first-order valence-corrected chi connectivity index (χ1v) is 19.0. The minimum Gasteiger partial charge on any atom is -0.449 e. The minimum absolute atomic E-state index is 0.0901. The van der Waals surface area contributed by atoms with Gasteiger partial charge in [-0.25, -0.2) is 14.6 Å². The van der Waals surface area contributed by atoms with E-state index in [0.717, 1.165) is 54.5 Å². The number of H-pyrrole nitrogens is 1. The Morgan fingerprint density at radius 3 is 2.43 bits per heavy atom. The Hall–Kier alpha value is -4.05. The zero-order valence-electron chi connectivity index (χ0n) is 28.7. The molecule has 0 unspecified atom stereocenters. The fourth-order valence-corrected chi connectivity index (χ4v) is 8.82. The molecular weight excluding hydrogens is 789 g/mol. The van der Waals surface area contributed by atoms with Crippen LogP contribution in [0.2, 0.25) is 0 Å². The maximum Gasteiger partial charge on any atom is 0.491 e. The number of thiazole rings is 2. The second-order valence-electron chi connectivity index (χ2n) is 12.9. The molecule has 2 fully saturated rings. The van der Waals surface area contributed by atoms with Crippen LogP contribution in [0.15, 0.2) is 34.4 Å². The topological polar surface area (TPSA) is 134 Å². The fraction of sp³-hybridized carbons (Fsp3) is 0.485. The predicted octanol–water partition coefficient (Wildman–Crippen LogP) is 5.72. The van der Waals surface area contributed by atoms with E-state index in [2.05, 4.69) is 19.6 Å². The van der Waals surface area contributed by atoms with Crippen molar-refractivity contribution in [3.63, 3.8) is 0 Å². The lowest BCUT2D eigenvalue weighted by Gasteiger charge is -2.47. The number of nitrogens with one attached hydrogen (secondary N) is 1. The van der Waals surface area contributed by atoms with Crippen molar-refractivity contribution in [3.8, 4) is 5.75 Å². The van der Waals surface area contributed by atoms with Crippen molar-refractivity contribution in [2.75, 3.05) is 57.8 Å². The van der Waals surface area contributed by atoms with Crippen LogP contribution in [-0.4, -0.2) is 108 Å². The SMILES string of the molecule is Cc1nc(C(=O)N2CCOC3(CCN(CCc4ccc(N(C)C[C@H](OC(=O)C(F)(F)F)c5ccc(OC(=O)C(F)(F)F)c6[nH]c(=O)sc56)s4)CC3)C2)cs1. The highest BCUT2D eigenvalue weighted by Crippen LogP contribution is 2.38. The molecule has 3 aromatic heterocycles. The Morgan fingerprint density at radius 1 is 1.04 bits per heavy atom. The highest BCUT2D eigenvalue weighted by molar-refractivity contribution is 7.16. The molecule has 0 saturated carbocycles. The van der Waals surface area contributed by atoms with Crippen LogP contribution in [0.25, 0.3) is 10.2 Å². The first-order chi connectivity index (χ1) is 25.4. The average Bonchev–Trinajstić information content (AvgIpc) is 3.87. The summed E-state index contributed by atoms with van der Waals surface area (Å²) in [6.45, 7) is 5.23. The Bertz CT molecular complexity index is 2070. The van der Waals surface area contributed by atoms with E-state index in [0.29, 0.717) is 48.1 Å². The van der Waals surface area contributed by atoms with E-state index >= 15 is 0 Å². The summed E-state index contributed by atoms with van der Waals surface area (Å²) >= 11 is 3.26. The molecule has 54 heavy (non-hydrogen) atoms. The van der Waals surface area contributed by atoms with Crippen molar-refractivity contribution < 1.29 is 54.9 Å². The number of ether oxygens (including phenoxy) is 3. The van der Waals surface area contributed by atoms with Gasteiger partial charge in [-0.15, -0.1) is 22.7 Å². The number of fused-ring (bicyclic) bond motifs is 1. The number of esters is 2. The molecule has 4 aromatic rings. The lowest BCUT2D eigenvalue weighted by atomic mass is 9.89. The molecule has 1 atom stereocenters. The van der Waals surface area contributed by atoms with Crippen molar-refractivity contribution in [2.24, 2.45) is 0 Å². The van der Waals surface area contributed by atoms with Crippen LogP contribution in [-0.2, 0) is 25.5 Å². The van der Waals surface area contributed by atoms with Gasteiger partial charge in [-0.1, -0.05) is 11.3 Å². The number of hydrogen-bond acceptors (Lipinski definition) is 13. The zero-order chi connectivity index (χ0) is 39.0. The summed E-state index contributed by atoms with van der Waals surface area (Å²) in [7, 11) is 1.57. The van der Waals surface area contributed by atoms with Gasteiger partial charge in [-0.3, -0.25) is 9.59 Å². The number of aromatic amines is 1. The Kier molecular flexibility index (Phi) is 11.4. The molecule has 1 amide bonds. The molecule has 2 aliphatic rings. The van der Waals surface area contributed by atoms with Crippen molar-refractivity contribution >= 4 is 67.1 Å². The van der Waals surface area contributed by atoms with Crippen LogP contribution >= 0.6 is 34.0 Å². The highest BCUT2D eigenvalue weighted by atomic mass is 32.1. The number of morpholine rings is 1. The maximum absolute atomic E-state index is 13.4. The van der Waals surface area contributed by atoms with Crippen molar-refractivity contribution in [3.05, 3.63) is 60.5 Å². The van der Waals surface area contributed by atoms with E-state index in [1.54, 1.807) is 23.4 Å². The molecule has 1 aromatic carbocycles. The molecule has 1 N–H and O–H groups in total. The van der Waals surface area contributed by atoms with Crippen LogP contribution in [0.1, 0.15) is 44.9 Å². The number of anilines is 1. The number of aromatic nitrogens is 2. The van der Waals surface area contributed by atoms with Crippen LogP contribution in [0.5, 0.6) is 5.75 Å². The maximum atomic E-state index is 13.4. The number of benzene rings is 1. The van der Waals surface area contributed by atoms with Crippen LogP contribution in [0.4, 0.5) is 31.3 Å². The van der Waals surface area contributed by atoms with Gasteiger partial charge in [0.05, 0.1) is 40.0 Å². The number of amides is 1. The highest BCUT2D eigenvalue weighted by Gasteiger charge is 2.44. The summed E-state index contributed by atoms with van der Waals surface area (Å²) in [4.78, 5) is 61.2. The average molecular weight is 822 g/mol. The number of likely N-dealkylation sites (N-methyl/N-ethyl adjacent to an activating group) is 1. The van der Waals surface area contributed by atoms with Crippen molar-refractivity contribution in [2.45, 2.75) is 50.2 Å². The third-order valence-electron chi connectivity index (χ3n) is 9.11. The second kappa shape index (κ2) is 15.6. The van der Waals surface area contributed by atoms with Gasteiger partial charge in [0.25, 0.3) is 5.91 Å². The van der Waals surface area contributed by atoms with Crippen molar-refractivity contribution in [1.82, 2.24) is 19.8 Å². The number of alkyl halides is 6. The number of likely N-dealkylation sites (tertiary alicyclic amines) is 1. The lowest BCUT2D eigenvalue weighted by Crippen LogP contribution is -2.58. The van der Waals surface area contributed by atoms with Gasteiger partial charge >= 0.3 is 29.2 Å². The molecule has 21 heteroatoms. The molecular formula is C33H33F6N5O7S3. The fourth-order valence-electron chi connectivity index (χ4n) is 6.36. The third-order valence-corrected chi connectivity index (χ3v) is 12.1. The summed E-state index contributed by atoms with van der Waals surface area (Å²) in [5.41, 5.74) is -0.454. The van der Waals surface area contributed by atoms with Gasteiger partial charge in [-0.2, -0.15) is 26.3 Å². The van der Waals surface area contributed by atoms with Gasteiger partial charge in [0.15, 0.2) is 5.75 Å². The summed E-state index contributed by atoms with van der Waals surface area (Å²) in [6.07, 6.45) is -10.2. The molecule has 0 bridgehead atoms. The number of halogens is 6. The van der Waals surface area contributed by atoms with E-state index in [4.69, 9.17) is 9.47 Å². The number of carbonyl (C=O) groups excluding carboxylic acids is 3. The molecule has 2 saturated heterocycles. The summed E-state index contributed by atoms with van der Waals surface area (Å²) < 4.78 is 94.0. The number of hydrogen-bond donors (Lipinski definition) is 1. The van der Waals surface area contributed by atoms with Gasteiger partial charge in [0.2, 0.25) is 0 Å². The number of nitrogens with zero attached hydrogens (tertiary/aromatic N) is 4. The summed E-state index contributed by atoms with van der Waals surface area (Å²) in [5, 5.41) is 3.23. The number of piperidine rings is 1. The third kappa shape index (κ3) is 9.07. The summed E-state index contributed by atoms with van der Waals surface area (Å²) in [5.74, 6) is -5.85. The molecule has 0 radical (unpaired) electrons. The quantitative estimate of drug-likeness (QED) is 0.120. The van der Waals surface area contributed by atoms with Gasteiger partial charge in [-0.05, 0) is 50.5 Å². The van der Waals surface area contributed by atoms with Crippen LogP contribution in [0.3, 0.4) is 0 Å². The Morgan fingerprint density at radius 2 is 1.76 bits per heavy atom. The summed E-state index contributed by atoms with van der Waals surface area (Å²) in [6, 6.07) is 5.57. The number of thiophene rings is 1. The molecule has 12 nitrogen and oxygen atoms in total. The largest absolute Gasteiger partial charge is 0.491 e. The van der Waals surface area contributed by atoms with E-state index < -0.39 is 46.6 Å². The number of carbonyl (C=O) groups is 3. The monoisotopic (exact) mass is 821 g/mol. The molecule has 0 aliphatic carbocycles. The smallest absolute Gasteiger partial charge is 0.449 e. The van der Waals surface area contributed by atoms with Crippen molar-refractivity contribution in [1.29, 1.82) is 0 Å². The standard InChI is InChI=1S/C33H33F6N5O7S3/c1-18-40-21(16-52-18)27(45)44-13-14-49-31(17-44)8-11-43(12-9-31)10-7-19-3-6-24(53-19)42(2)15-23(51-29(47)33(37,38)39)20-4-5-22(50-28(46)32(34,35)36)25-26(20)54-30(48)41-25/h3-6,16,23H,7-15,17H2,1-2H3,(H,41,48)/t23-/m0/s1. The van der Waals surface area contributed by atoms with Gasteiger partial charge in [0, 0.05) is 49.0 Å². The van der Waals surface area contributed by atoms with E-state index in [-0.39, 0.29) is 28.2 Å². The molecule has 6 rings (SSSR count). The predicted molar refractivity (Wildman–Crippen MR) is 187 cm³/mol. The van der Waals surface area contributed by atoms with Gasteiger partial charge < -0.3 is 33.9 Å². The lowest BCUT2D eigenvalue weighted by molar-refractivity contribution is -0.204. The second-order valence-corrected chi connectivity index (χ2v) is 16.1. The Balaban J connectivity index is 1.09. The first kappa shape index (κ1) is 39.6.